The molecular formula is C20H29N3O4. The van der Waals surface area contributed by atoms with Crippen molar-refractivity contribution in [1.29, 1.82) is 0 Å². The quantitative estimate of drug-likeness (QED) is 0.851. The monoisotopic (exact) mass is 375 g/mol. The molecule has 7 nitrogen and oxygen atoms in total. The number of piperidine rings is 2. The zero-order valence-corrected chi connectivity index (χ0v) is 16.0. The van der Waals surface area contributed by atoms with Crippen molar-refractivity contribution in [1.82, 2.24) is 15.1 Å². The predicted octanol–water partition coefficient (Wildman–Crippen LogP) is 1.88. The van der Waals surface area contributed by atoms with Crippen molar-refractivity contribution >= 4 is 11.8 Å². The Kier molecular flexibility index (Phi) is 5.38. The zero-order valence-electron chi connectivity index (χ0n) is 16.0. The largest absolute Gasteiger partial charge is 0.468 e. The van der Waals surface area contributed by atoms with Crippen molar-refractivity contribution in [2.75, 3.05) is 33.3 Å². The molecule has 1 aromatic rings. The summed E-state index contributed by atoms with van der Waals surface area (Å²) >= 11 is 0. The molecule has 27 heavy (non-hydrogen) atoms. The smallest absolute Gasteiger partial charge is 0.289 e. The molecule has 7 heteroatoms. The van der Waals surface area contributed by atoms with Crippen molar-refractivity contribution in [3.05, 3.63) is 17.9 Å². The molecule has 1 saturated carbocycles. The van der Waals surface area contributed by atoms with Crippen LogP contribution in [0, 0.1) is 5.92 Å². The summed E-state index contributed by atoms with van der Waals surface area (Å²) in [6, 6.07) is 4.22. The fraction of sp³-hybridized carbons (Fsp3) is 0.700. The number of methoxy groups -OCH3 is 1. The predicted molar refractivity (Wildman–Crippen MR) is 99.6 cm³/mol. The Hall–Kier alpha value is -2.02. The van der Waals surface area contributed by atoms with E-state index in [1.54, 1.807) is 12.1 Å². The van der Waals surface area contributed by atoms with Crippen LogP contribution in [0.4, 0.5) is 0 Å². The average molecular weight is 375 g/mol. The average Bonchev–Trinajstić information content (AvgIpc) is 3.40. The Labute approximate surface area is 160 Å². The summed E-state index contributed by atoms with van der Waals surface area (Å²) in [5.74, 6) is 0.977. The van der Waals surface area contributed by atoms with Crippen molar-refractivity contribution in [3.63, 3.8) is 0 Å². The summed E-state index contributed by atoms with van der Waals surface area (Å²) in [6.45, 7) is 3.36. The minimum Gasteiger partial charge on any atom is -0.468 e. The van der Waals surface area contributed by atoms with Gasteiger partial charge in [0.15, 0.2) is 5.76 Å². The Balaban J connectivity index is 1.28. The van der Waals surface area contributed by atoms with Crippen LogP contribution in [0.25, 0.3) is 0 Å². The molecule has 1 N–H and O–H groups in total. The Morgan fingerprint density at radius 2 is 1.89 bits per heavy atom. The lowest BCUT2D eigenvalue weighted by Gasteiger charge is -2.41. The van der Waals surface area contributed by atoms with Gasteiger partial charge in [-0.2, -0.15) is 0 Å². The van der Waals surface area contributed by atoms with E-state index in [-0.39, 0.29) is 17.7 Å². The highest BCUT2D eigenvalue weighted by Crippen LogP contribution is 2.27. The van der Waals surface area contributed by atoms with Crippen LogP contribution in [-0.2, 0) is 4.79 Å². The van der Waals surface area contributed by atoms with Gasteiger partial charge in [0.25, 0.3) is 11.9 Å². The van der Waals surface area contributed by atoms with Crippen molar-refractivity contribution in [3.8, 4) is 5.95 Å². The summed E-state index contributed by atoms with van der Waals surface area (Å²) in [5, 5.41) is 3.15. The molecule has 3 fully saturated rings. The lowest BCUT2D eigenvalue weighted by molar-refractivity contribution is -0.127. The summed E-state index contributed by atoms with van der Waals surface area (Å²) in [7, 11) is 1.52. The SMILES string of the molecule is COc1ccc(C(=O)N2CCC(N3CCCC(C(=O)NC4CC4)C3)CC2)o1. The molecule has 3 heterocycles. The maximum absolute atomic E-state index is 12.6. The lowest BCUT2D eigenvalue weighted by atomic mass is 9.93. The lowest BCUT2D eigenvalue weighted by Crippen LogP contribution is -2.51. The second-order valence-corrected chi connectivity index (χ2v) is 7.96. The molecule has 0 bridgehead atoms. The van der Waals surface area contributed by atoms with Gasteiger partial charge in [0, 0.05) is 37.8 Å². The molecule has 2 aliphatic heterocycles. The number of likely N-dealkylation sites (tertiary alicyclic amines) is 2. The molecule has 148 valence electrons. The first kappa shape index (κ1) is 18.3. The molecule has 0 radical (unpaired) electrons. The van der Waals surface area contributed by atoms with Gasteiger partial charge >= 0.3 is 0 Å². The van der Waals surface area contributed by atoms with Gasteiger partial charge in [-0.3, -0.25) is 14.5 Å². The summed E-state index contributed by atoms with van der Waals surface area (Å²) < 4.78 is 10.4. The first-order valence-corrected chi connectivity index (χ1v) is 10.1. The van der Waals surface area contributed by atoms with E-state index in [9.17, 15) is 9.59 Å². The van der Waals surface area contributed by atoms with E-state index in [1.807, 2.05) is 4.90 Å². The molecule has 2 amide bonds. The van der Waals surface area contributed by atoms with E-state index < -0.39 is 0 Å². The minimum atomic E-state index is -0.0721. The highest BCUT2D eigenvalue weighted by molar-refractivity contribution is 5.91. The Bertz CT molecular complexity index is 677. The normalized spacial score (nSPS) is 24.6. The van der Waals surface area contributed by atoms with Gasteiger partial charge in [-0.15, -0.1) is 0 Å². The van der Waals surface area contributed by atoms with Crippen molar-refractivity contribution in [2.45, 2.75) is 50.6 Å². The first-order chi connectivity index (χ1) is 13.1. The van der Waals surface area contributed by atoms with Crippen molar-refractivity contribution < 1.29 is 18.7 Å². The number of nitrogens with one attached hydrogen (secondary N) is 1. The number of hydrogen-bond donors (Lipinski definition) is 1. The fourth-order valence-corrected chi connectivity index (χ4v) is 4.23. The molecule has 0 spiro atoms. The molecule has 1 unspecified atom stereocenters. The van der Waals surface area contributed by atoms with E-state index in [0.29, 0.717) is 23.8 Å². The maximum Gasteiger partial charge on any atom is 0.289 e. The summed E-state index contributed by atoms with van der Waals surface area (Å²) in [5.41, 5.74) is 0. The van der Waals surface area contributed by atoms with E-state index in [2.05, 4.69) is 10.2 Å². The molecule has 3 aliphatic rings. The molecule has 0 aromatic carbocycles. The van der Waals surface area contributed by atoms with Gasteiger partial charge in [-0.1, -0.05) is 0 Å². The van der Waals surface area contributed by atoms with E-state index in [0.717, 1.165) is 64.7 Å². The van der Waals surface area contributed by atoms with Crippen LogP contribution in [-0.4, -0.2) is 67.0 Å². The minimum absolute atomic E-state index is 0.0721. The van der Waals surface area contributed by atoms with Crippen LogP contribution in [0.15, 0.2) is 16.5 Å². The fourth-order valence-electron chi connectivity index (χ4n) is 4.23. The molecule has 1 atom stereocenters. The third kappa shape index (κ3) is 4.29. The number of rotatable bonds is 5. The highest BCUT2D eigenvalue weighted by Gasteiger charge is 2.34. The second kappa shape index (κ2) is 7.92. The number of amides is 2. The van der Waals surface area contributed by atoms with Gasteiger partial charge in [-0.05, 0) is 51.1 Å². The molecular weight excluding hydrogens is 346 g/mol. The number of hydrogen-bond acceptors (Lipinski definition) is 5. The second-order valence-electron chi connectivity index (χ2n) is 7.96. The highest BCUT2D eigenvalue weighted by atomic mass is 16.6. The van der Waals surface area contributed by atoms with Crippen LogP contribution in [0.1, 0.15) is 49.1 Å². The van der Waals surface area contributed by atoms with Crippen LogP contribution in [0.3, 0.4) is 0 Å². The third-order valence-electron chi connectivity index (χ3n) is 6.01. The number of carbonyl (C=O) groups is 2. The molecule has 1 aromatic heterocycles. The van der Waals surface area contributed by atoms with Crippen LogP contribution >= 0.6 is 0 Å². The first-order valence-electron chi connectivity index (χ1n) is 10.1. The van der Waals surface area contributed by atoms with Gasteiger partial charge in [0.1, 0.15) is 0 Å². The number of nitrogens with zero attached hydrogens (tertiary/aromatic N) is 2. The van der Waals surface area contributed by atoms with Crippen molar-refractivity contribution in [2.24, 2.45) is 5.92 Å². The third-order valence-corrected chi connectivity index (χ3v) is 6.01. The van der Waals surface area contributed by atoms with Crippen LogP contribution in [0.2, 0.25) is 0 Å². The number of furan rings is 1. The van der Waals surface area contributed by atoms with Crippen LogP contribution in [0.5, 0.6) is 5.95 Å². The maximum atomic E-state index is 12.6. The molecule has 1 aliphatic carbocycles. The molecule has 2 saturated heterocycles. The van der Waals surface area contributed by atoms with Gasteiger partial charge in [-0.25, -0.2) is 0 Å². The standard InChI is InChI=1S/C20H29N3O4/c1-26-18-7-6-17(27-18)20(25)22-11-8-16(9-12-22)23-10-2-3-14(13-23)19(24)21-15-4-5-15/h6-7,14-16H,2-5,8-13H2,1H3,(H,21,24). The number of carbonyl (C=O) groups excluding carboxylic acids is 2. The van der Waals surface area contributed by atoms with Crippen LogP contribution < -0.4 is 10.1 Å². The van der Waals surface area contributed by atoms with Gasteiger partial charge < -0.3 is 19.4 Å². The van der Waals surface area contributed by atoms with E-state index in [4.69, 9.17) is 9.15 Å². The van der Waals surface area contributed by atoms with E-state index in [1.165, 1.54) is 7.11 Å². The zero-order chi connectivity index (χ0) is 18.8. The summed E-state index contributed by atoms with van der Waals surface area (Å²) in [6.07, 6.45) is 6.23. The number of ether oxygens (including phenoxy) is 1. The summed E-state index contributed by atoms with van der Waals surface area (Å²) in [4.78, 5) is 29.3. The Morgan fingerprint density at radius 1 is 1.11 bits per heavy atom. The van der Waals surface area contributed by atoms with Gasteiger partial charge in [0.05, 0.1) is 13.0 Å². The van der Waals surface area contributed by atoms with E-state index >= 15 is 0 Å². The topological polar surface area (TPSA) is 75.0 Å². The molecule has 4 rings (SSSR count). The van der Waals surface area contributed by atoms with Gasteiger partial charge in [0.2, 0.25) is 5.91 Å². The Morgan fingerprint density at radius 3 is 2.56 bits per heavy atom.